The third-order valence-corrected chi connectivity index (χ3v) is 3.01. The van der Waals surface area contributed by atoms with E-state index in [1.807, 2.05) is 21.6 Å². The monoisotopic (exact) mass is 248 g/mol. The molecule has 0 aliphatic rings. The van der Waals surface area contributed by atoms with Crippen molar-refractivity contribution in [3.05, 3.63) is 36.2 Å². The molecular weight excluding hydrogens is 228 g/mol. The highest BCUT2D eigenvalue weighted by molar-refractivity contribution is 5.10. The van der Waals surface area contributed by atoms with Gasteiger partial charge in [-0.3, -0.25) is 4.68 Å². The van der Waals surface area contributed by atoms with Gasteiger partial charge in [-0.25, -0.2) is 4.98 Å². The van der Waals surface area contributed by atoms with Gasteiger partial charge >= 0.3 is 0 Å². The van der Waals surface area contributed by atoms with Crippen LogP contribution in [0.2, 0.25) is 0 Å². The molecule has 5 heteroatoms. The first kappa shape index (κ1) is 12.8. The van der Waals surface area contributed by atoms with Crippen LogP contribution in [0.5, 0.6) is 0 Å². The predicted molar refractivity (Wildman–Crippen MR) is 69.1 cm³/mol. The van der Waals surface area contributed by atoms with Gasteiger partial charge in [-0.2, -0.15) is 5.10 Å². The number of aliphatic hydroxyl groups is 1. The van der Waals surface area contributed by atoms with E-state index in [4.69, 9.17) is 0 Å². The van der Waals surface area contributed by atoms with Crippen molar-refractivity contribution in [2.75, 3.05) is 0 Å². The summed E-state index contributed by atoms with van der Waals surface area (Å²) in [5, 5.41) is 14.4. The van der Waals surface area contributed by atoms with Crippen molar-refractivity contribution in [3.8, 4) is 0 Å². The molecule has 0 spiro atoms. The van der Waals surface area contributed by atoms with Crippen LogP contribution in [-0.4, -0.2) is 24.4 Å². The van der Waals surface area contributed by atoms with E-state index in [-0.39, 0.29) is 0 Å². The zero-order valence-corrected chi connectivity index (χ0v) is 11.0. The summed E-state index contributed by atoms with van der Waals surface area (Å²) in [5.74, 6) is 0.910. The van der Waals surface area contributed by atoms with Gasteiger partial charge in [-0.15, -0.1) is 0 Å². The van der Waals surface area contributed by atoms with Crippen LogP contribution in [-0.2, 0) is 19.5 Å². The molecule has 18 heavy (non-hydrogen) atoms. The summed E-state index contributed by atoms with van der Waals surface area (Å²) in [4.78, 5) is 4.27. The molecule has 1 unspecified atom stereocenters. The van der Waals surface area contributed by atoms with Gasteiger partial charge in [0.2, 0.25) is 0 Å². The Balaban J connectivity index is 2.04. The van der Waals surface area contributed by atoms with Gasteiger partial charge in [0.15, 0.2) is 0 Å². The number of aromatic nitrogens is 4. The summed E-state index contributed by atoms with van der Waals surface area (Å²) < 4.78 is 3.91. The van der Waals surface area contributed by atoms with E-state index in [1.165, 1.54) is 0 Å². The Bertz CT molecular complexity index is 489. The van der Waals surface area contributed by atoms with Crippen LogP contribution in [0, 0.1) is 0 Å². The maximum absolute atomic E-state index is 10.2. The maximum Gasteiger partial charge on any atom is 0.111 e. The standard InChI is InChI=1S/C13H20N4O/c1-3-6-17-10-11(9-15-17)12(18)8-13-14-5-7-16(13)4-2/h5,7,9-10,12,18H,3-4,6,8H2,1-2H3. The lowest BCUT2D eigenvalue weighted by Crippen LogP contribution is -2.07. The summed E-state index contributed by atoms with van der Waals surface area (Å²) in [7, 11) is 0. The average molecular weight is 248 g/mol. The van der Waals surface area contributed by atoms with Crippen LogP contribution in [0.1, 0.15) is 37.8 Å². The highest BCUT2D eigenvalue weighted by atomic mass is 16.3. The normalized spacial score (nSPS) is 12.8. The molecule has 0 saturated heterocycles. The van der Waals surface area contributed by atoms with Crippen LogP contribution < -0.4 is 0 Å². The second kappa shape index (κ2) is 5.82. The minimum atomic E-state index is -0.539. The van der Waals surface area contributed by atoms with Crippen molar-refractivity contribution in [1.82, 2.24) is 19.3 Å². The lowest BCUT2D eigenvalue weighted by Gasteiger charge is -2.09. The molecule has 0 bridgehead atoms. The van der Waals surface area contributed by atoms with Crippen molar-refractivity contribution in [3.63, 3.8) is 0 Å². The Morgan fingerprint density at radius 3 is 2.94 bits per heavy atom. The molecule has 0 saturated carbocycles. The number of hydrogen-bond donors (Lipinski definition) is 1. The number of nitrogens with zero attached hydrogens (tertiary/aromatic N) is 4. The van der Waals surface area contributed by atoms with Crippen LogP contribution >= 0.6 is 0 Å². The lowest BCUT2D eigenvalue weighted by molar-refractivity contribution is 0.174. The predicted octanol–water partition coefficient (Wildman–Crippen LogP) is 1.79. The Morgan fingerprint density at radius 1 is 1.39 bits per heavy atom. The van der Waals surface area contributed by atoms with Gasteiger partial charge in [0, 0.05) is 43.7 Å². The molecule has 1 atom stereocenters. The zero-order valence-electron chi connectivity index (χ0n) is 11.0. The molecule has 2 rings (SSSR count). The molecule has 5 nitrogen and oxygen atoms in total. The Hall–Kier alpha value is -1.62. The first-order chi connectivity index (χ1) is 8.74. The van der Waals surface area contributed by atoms with Gasteiger partial charge in [0.05, 0.1) is 12.3 Å². The molecule has 2 aromatic rings. The summed E-state index contributed by atoms with van der Waals surface area (Å²) in [6, 6.07) is 0. The molecule has 2 aromatic heterocycles. The zero-order chi connectivity index (χ0) is 13.0. The first-order valence-corrected chi connectivity index (χ1v) is 6.45. The molecule has 0 aliphatic heterocycles. The largest absolute Gasteiger partial charge is 0.388 e. The molecule has 0 aliphatic carbocycles. The molecule has 0 fully saturated rings. The van der Waals surface area contributed by atoms with E-state index < -0.39 is 6.10 Å². The topological polar surface area (TPSA) is 55.9 Å². The molecule has 0 amide bonds. The van der Waals surface area contributed by atoms with E-state index in [9.17, 15) is 5.11 Å². The highest BCUT2D eigenvalue weighted by Gasteiger charge is 2.13. The average Bonchev–Trinajstić information content (AvgIpc) is 2.98. The Morgan fingerprint density at radius 2 is 2.22 bits per heavy atom. The number of imidazole rings is 1. The second-order valence-corrected chi connectivity index (χ2v) is 4.39. The van der Waals surface area contributed by atoms with Crippen LogP contribution in [0.15, 0.2) is 24.8 Å². The molecule has 0 aromatic carbocycles. The SMILES string of the molecule is CCCn1cc(C(O)Cc2nccn2CC)cn1. The Kier molecular flexibility index (Phi) is 4.15. The summed E-state index contributed by atoms with van der Waals surface area (Å²) in [5.41, 5.74) is 0.856. The third kappa shape index (κ3) is 2.79. The van der Waals surface area contributed by atoms with Crippen LogP contribution in [0.4, 0.5) is 0 Å². The highest BCUT2D eigenvalue weighted by Crippen LogP contribution is 2.17. The fraction of sp³-hybridized carbons (Fsp3) is 0.538. The number of rotatable bonds is 6. The van der Waals surface area contributed by atoms with Crippen molar-refractivity contribution in [2.24, 2.45) is 0 Å². The Labute approximate surface area is 107 Å². The van der Waals surface area contributed by atoms with Gasteiger partial charge in [0.1, 0.15) is 5.82 Å². The van der Waals surface area contributed by atoms with Gasteiger partial charge in [-0.05, 0) is 13.3 Å². The van der Waals surface area contributed by atoms with Gasteiger partial charge in [0.25, 0.3) is 0 Å². The van der Waals surface area contributed by atoms with Crippen molar-refractivity contribution < 1.29 is 5.11 Å². The minimum absolute atomic E-state index is 0.526. The van der Waals surface area contributed by atoms with Crippen molar-refractivity contribution in [2.45, 2.75) is 45.9 Å². The molecule has 0 radical (unpaired) electrons. The number of aliphatic hydroxyl groups excluding tert-OH is 1. The second-order valence-electron chi connectivity index (χ2n) is 4.39. The van der Waals surface area contributed by atoms with Gasteiger partial charge < -0.3 is 9.67 Å². The fourth-order valence-corrected chi connectivity index (χ4v) is 2.01. The lowest BCUT2D eigenvalue weighted by atomic mass is 10.1. The van der Waals surface area contributed by atoms with Crippen molar-refractivity contribution >= 4 is 0 Å². The van der Waals surface area contributed by atoms with E-state index >= 15 is 0 Å². The van der Waals surface area contributed by atoms with Crippen LogP contribution in [0.25, 0.3) is 0 Å². The van der Waals surface area contributed by atoms with E-state index in [1.54, 1.807) is 12.4 Å². The minimum Gasteiger partial charge on any atom is -0.388 e. The van der Waals surface area contributed by atoms with Crippen LogP contribution in [0.3, 0.4) is 0 Å². The van der Waals surface area contributed by atoms with E-state index in [0.29, 0.717) is 6.42 Å². The summed E-state index contributed by atoms with van der Waals surface area (Å²) >= 11 is 0. The fourth-order valence-electron chi connectivity index (χ4n) is 2.01. The molecule has 1 N–H and O–H groups in total. The molecule has 2 heterocycles. The number of aryl methyl sites for hydroxylation is 2. The van der Waals surface area contributed by atoms with Crippen molar-refractivity contribution in [1.29, 1.82) is 0 Å². The molecule has 98 valence electrons. The number of hydrogen-bond acceptors (Lipinski definition) is 3. The summed E-state index contributed by atoms with van der Waals surface area (Å²) in [6.45, 7) is 5.93. The smallest absolute Gasteiger partial charge is 0.111 e. The van der Waals surface area contributed by atoms with Gasteiger partial charge in [-0.1, -0.05) is 6.92 Å². The quantitative estimate of drug-likeness (QED) is 0.848. The molecular formula is C13H20N4O. The third-order valence-electron chi connectivity index (χ3n) is 3.01. The first-order valence-electron chi connectivity index (χ1n) is 6.45. The summed E-state index contributed by atoms with van der Waals surface area (Å²) in [6.07, 6.45) is 8.38. The van der Waals surface area contributed by atoms with E-state index in [2.05, 4.69) is 23.9 Å². The van der Waals surface area contributed by atoms with E-state index in [0.717, 1.165) is 30.9 Å². The maximum atomic E-state index is 10.2.